The van der Waals surface area contributed by atoms with Crippen molar-refractivity contribution in [3.8, 4) is 5.75 Å². The number of hydrogen-bond donors (Lipinski definition) is 1. The third-order valence-electron chi connectivity index (χ3n) is 3.15. The quantitative estimate of drug-likeness (QED) is 0.898. The van der Waals surface area contributed by atoms with Gasteiger partial charge in [-0.25, -0.2) is 8.78 Å². The molecule has 0 saturated carbocycles. The summed E-state index contributed by atoms with van der Waals surface area (Å²) >= 11 is 0. The third-order valence-corrected chi connectivity index (χ3v) is 3.15. The Balaban J connectivity index is 2.17. The van der Waals surface area contributed by atoms with Crippen molar-refractivity contribution in [3.63, 3.8) is 0 Å². The Labute approximate surface area is 117 Å². The van der Waals surface area contributed by atoms with Crippen LogP contribution in [0.4, 0.5) is 8.78 Å². The average Bonchev–Trinajstić information content (AvgIpc) is 2.47. The zero-order valence-corrected chi connectivity index (χ0v) is 11.3. The van der Waals surface area contributed by atoms with Crippen LogP contribution in [0.25, 0.3) is 0 Å². The molecular weight excluding hydrogens is 260 g/mol. The van der Waals surface area contributed by atoms with E-state index in [0.717, 1.165) is 30.2 Å². The molecule has 1 atom stereocenters. The Morgan fingerprint density at radius 2 is 1.90 bits per heavy atom. The highest BCUT2D eigenvalue weighted by Crippen LogP contribution is 2.26. The van der Waals surface area contributed by atoms with Crippen LogP contribution < -0.4 is 10.5 Å². The van der Waals surface area contributed by atoms with Crippen molar-refractivity contribution in [2.45, 2.75) is 26.0 Å². The van der Waals surface area contributed by atoms with Gasteiger partial charge in [-0.3, -0.25) is 0 Å². The van der Waals surface area contributed by atoms with Gasteiger partial charge in [0.1, 0.15) is 24.0 Å². The molecule has 0 amide bonds. The monoisotopic (exact) mass is 277 g/mol. The summed E-state index contributed by atoms with van der Waals surface area (Å²) in [5.74, 6) is -0.363. The van der Waals surface area contributed by atoms with E-state index < -0.39 is 11.6 Å². The fraction of sp³-hybridized carbons (Fsp3) is 0.250. The van der Waals surface area contributed by atoms with Crippen molar-refractivity contribution in [2.24, 2.45) is 5.73 Å². The van der Waals surface area contributed by atoms with Crippen LogP contribution in [0.5, 0.6) is 5.75 Å². The molecule has 2 aromatic rings. The molecule has 0 aliphatic rings. The van der Waals surface area contributed by atoms with Crippen molar-refractivity contribution in [3.05, 3.63) is 65.2 Å². The molecule has 0 spiro atoms. The minimum absolute atomic E-state index is 0.0307. The van der Waals surface area contributed by atoms with E-state index in [-0.39, 0.29) is 18.2 Å². The summed E-state index contributed by atoms with van der Waals surface area (Å²) in [5.41, 5.74) is 7.06. The molecule has 4 heteroatoms. The highest BCUT2D eigenvalue weighted by Gasteiger charge is 2.11. The number of hydrogen-bond acceptors (Lipinski definition) is 2. The van der Waals surface area contributed by atoms with E-state index in [1.807, 2.05) is 25.1 Å². The molecule has 2 rings (SSSR count). The van der Waals surface area contributed by atoms with Gasteiger partial charge in [-0.15, -0.1) is 0 Å². The van der Waals surface area contributed by atoms with Gasteiger partial charge in [0.25, 0.3) is 0 Å². The molecule has 0 aromatic heterocycles. The van der Waals surface area contributed by atoms with Gasteiger partial charge in [0.2, 0.25) is 0 Å². The molecular formula is C16H17F2NO. The molecule has 0 aliphatic carbocycles. The standard InChI is InChI=1S/C16H17F2NO/c1-2-15(19)13-5-3-4-6-16(13)20-10-11-9-12(17)7-8-14(11)18/h3-9,15H,2,10,19H2,1H3/t15-/m1/s1. The SMILES string of the molecule is CC[C@@H](N)c1ccccc1OCc1cc(F)ccc1F. The summed E-state index contributed by atoms with van der Waals surface area (Å²) in [6.45, 7) is 1.95. The number of benzene rings is 2. The number of para-hydroxylation sites is 1. The average molecular weight is 277 g/mol. The number of ether oxygens (including phenoxy) is 1. The molecule has 106 valence electrons. The normalized spacial score (nSPS) is 12.2. The summed E-state index contributed by atoms with van der Waals surface area (Å²) in [6.07, 6.45) is 0.773. The molecule has 0 radical (unpaired) electrons. The molecule has 2 nitrogen and oxygen atoms in total. The van der Waals surface area contributed by atoms with Gasteiger partial charge in [-0.1, -0.05) is 25.1 Å². The van der Waals surface area contributed by atoms with Crippen LogP contribution in [0.3, 0.4) is 0 Å². The fourth-order valence-electron chi connectivity index (χ4n) is 1.95. The van der Waals surface area contributed by atoms with Crippen molar-refractivity contribution in [1.82, 2.24) is 0 Å². The second-order valence-corrected chi connectivity index (χ2v) is 4.58. The lowest BCUT2D eigenvalue weighted by molar-refractivity contribution is 0.294. The van der Waals surface area contributed by atoms with E-state index in [4.69, 9.17) is 10.5 Å². The number of halogens is 2. The second-order valence-electron chi connectivity index (χ2n) is 4.58. The second kappa shape index (κ2) is 6.48. The minimum Gasteiger partial charge on any atom is -0.488 e. The van der Waals surface area contributed by atoms with Gasteiger partial charge >= 0.3 is 0 Å². The first-order valence-electron chi connectivity index (χ1n) is 6.53. The third kappa shape index (κ3) is 3.33. The first-order chi connectivity index (χ1) is 9.61. The Morgan fingerprint density at radius 1 is 1.15 bits per heavy atom. The van der Waals surface area contributed by atoms with Crippen molar-refractivity contribution in [1.29, 1.82) is 0 Å². The van der Waals surface area contributed by atoms with Crippen LogP contribution in [-0.4, -0.2) is 0 Å². The summed E-state index contributed by atoms with van der Waals surface area (Å²) < 4.78 is 32.2. The van der Waals surface area contributed by atoms with Gasteiger partial charge < -0.3 is 10.5 Å². The van der Waals surface area contributed by atoms with Gasteiger partial charge in [0, 0.05) is 17.2 Å². The fourth-order valence-corrected chi connectivity index (χ4v) is 1.95. The first-order valence-corrected chi connectivity index (χ1v) is 6.53. The van der Waals surface area contributed by atoms with E-state index in [9.17, 15) is 8.78 Å². The lowest BCUT2D eigenvalue weighted by atomic mass is 10.0. The van der Waals surface area contributed by atoms with E-state index in [2.05, 4.69) is 0 Å². The summed E-state index contributed by atoms with van der Waals surface area (Å²) in [6, 6.07) is 10.5. The topological polar surface area (TPSA) is 35.2 Å². The smallest absolute Gasteiger partial charge is 0.130 e. The van der Waals surface area contributed by atoms with Gasteiger partial charge in [0.15, 0.2) is 0 Å². The number of rotatable bonds is 5. The lowest BCUT2D eigenvalue weighted by Gasteiger charge is -2.15. The molecule has 2 N–H and O–H groups in total. The summed E-state index contributed by atoms with van der Waals surface area (Å²) in [4.78, 5) is 0. The van der Waals surface area contributed by atoms with Gasteiger partial charge in [-0.05, 0) is 30.7 Å². The van der Waals surface area contributed by atoms with Crippen LogP contribution >= 0.6 is 0 Å². The van der Waals surface area contributed by atoms with Gasteiger partial charge in [0.05, 0.1) is 0 Å². The highest BCUT2D eigenvalue weighted by atomic mass is 19.1. The predicted molar refractivity (Wildman–Crippen MR) is 74.4 cm³/mol. The van der Waals surface area contributed by atoms with Crippen LogP contribution in [0.2, 0.25) is 0 Å². The molecule has 0 fully saturated rings. The van der Waals surface area contributed by atoms with Crippen LogP contribution in [-0.2, 0) is 6.61 Å². The van der Waals surface area contributed by atoms with E-state index in [0.29, 0.717) is 5.75 Å². The van der Waals surface area contributed by atoms with E-state index >= 15 is 0 Å². The molecule has 0 aliphatic heterocycles. The maximum absolute atomic E-state index is 13.5. The molecule has 0 saturated heterocycles. The van der Waals surface area contributed by atoms with Gasteiger partial charge in [-0.2, -0.15) is 0 Å². The molecule has 0 bridgehead atoms. The van der Waals surface area contributed by atoms with Crippen LogP contribution in [0.1, 0.15) is 30.5 Å². The van der Waals surface area contributed by atoms with Crippen molar-refractivity contribution in [2.75, 3.05) is 0 Å². The van der Waals surface area contributed by atoms with Crippen molar-refractivity contribution < 1.29 is 13.5 Å². The Bertz CT molecular complexity index is 586. The zero-order chi connectivity index (χ0) is 14.5. The highest BCUT2D eigenvalue weighted by molar-refractivity contribution is 5.36. The van der Waals surface area contributed by atoms with Crippen molar-refractivity contribution >= 4 is 0 Å². The van der Waals surface area contributed by atoms with E-state index in [1.54, 1.807) is 6.07 Å². The molecule has 20 heavy (non-hydrogen) atoms. The minimum atomic E-state index is -0.483. The van der Waals surface area contributed by atoms with Crippen LogP contribution in [0.15, 0.2) is 42.5 Å². The van der Waals surface area contributed by atoms with E-state index in [1.165, 1.54) is 0 Å². The molecule has 0 heterocycles. The molecule has 0 unspecified atom stereocenters. The maximum Gasteiger partial charge on any atom is 0.130 e. The largest absolute Gasteiger partial charge is 0.488 e. The Morgan fingerprint density at radius 3 is 2.65 bits per heavy atom. The first kappa shape index (κ1) is 14.5. The summed E-state index contributed by atoms with van der Waals surface area (Å²) in [5, 5.41) is 0. The predicted octanol–water partition coefficient (Wildman–Crippen LogP) is 3.95. The Kier molecular flexibility index (Phi) is 4.69. The molecule has 2 aromatic carbocycles. The zero-order valence-electron chi connectivity index (χ0n) is 11.3. The number of nitrogens with two attached hydrogens (primary N) is 1. The maximum atomic E-state index is 13.5. The Hall–Kier alpha value is -1.94. The summed E-state index contributed by atoms with van der Waals surface area (Å²) in [7, 11) is 0. The lowest BCUT2D eigenvalue weighted by Crippen LogP contribution is -2.11. The van der Waals surface area contributed by atoms with Crippen LogP contribution in [0, 0.1) is 11.6 Å².